The average Bonchev–Trinajstić information content (AvgIpc) is 2.08. The Morgan fingerprint density at radius 1 is 1.50 bits per heavy atom. The predicted octanol–water partition coefficient (Wildman–Crippen LogP) is 1.15. The van der Waals surface area contributed by atoms with E-state index in [9.17, 15) is 5.11 Å². The fraction of sp³-hybridized carbons (Fsp3) is 0.900. The lowest BCUT2D eigenvalue weighted by Crippen LogP contribution is -2.42. The molecule has 2 N–H and O–H groups in total. The summed E-state index contributed by atoms with van der Waals surface area (Å²) < 4.78 is 0. The summed E-state index contributed by atoms with van der Waals surface area (Å²) in [5.74, 6) is 0. The van der Waals surface area contributed by atoms with Crippen molar-refractivity contribution in [3.8, 4) is 0 Å². The van der Waals surface area contributed by atoms with Gasteiger partial charge in [0.2, 0.25) is 0 Å². The van der Waals surface area contributed by atoms with Crippen LogP contribution in [0.5, 0.6) is 0 Å². The quantitative estimate of drug-likeness (QED) is 0.502. The minimum atomic E-state index is -0.511. The first kappa shape index (κ1) is 13.4. The number of hydrogen-bond acceptors (Lipinski definition) is 4. The van der Waals surface area contributed by atoms with Gasteiger partial charge >= 0.3 is 0 Å². The fourth-order valence-corrected chi connectivity index (χ4v) is 0.739. The standard InChI is InChI=1S/C10H22N2O2/c1-5-6-12-14-8-9(13)7-11-10(2,3)4/h6,9,11,13H,5,7-8H2,1-4H3/b12-6+. The van der Waals surface area contributed by atoms with Crippen molar-refractivity contribution >= 4 is 6.21 Å². The van der Waals surface area contributed by atoms with Crippen LogP contribution in [0.1, 0.15) is 34.1 Å². The van der Waals surface area contributed by atoms with Gasteiger partial charge in [-0.15, -0.1) is 0 Å². The smallest absolute Gasteiger partial charge is 0.144 e. The van der Waals surface area contributed by atoms with Crippen LogP contribution in [-0.2, 0) is 4.84 Å². The lowest BCUT2D eigenvalue weighted by atomic mass is 10.1. The second kappa shape index (κ2) is 6.79. The van der Waals surface area contributed by atoms with Gasteiger partial charge in [0.25, 0.3) is 0 Å². The molecule has 0 spiro atoms. The highest BCUT2D eigenvalue weighted by Gasteiger charge is 2.12. The van der Waals surface area contributed by atoms with Crippen LogP contribution >= 0.6 is 0 Å². The third-order valence-corrected chi connectivity index (χ3v) is 1.47. The third-order valence-electron chi connectivity index (χ3n) is 1.47. The van der Waals surface area contributed by atoms with Crippen molar-refractivity contribution in [3.05, 3.63) is 0 Å². The highest BCUT2D eigenvalue weighted by Crippen LogP contribution is 1.98. The molecule has 0 aliphatic rings. The van der Waals surface area contributed by atoms with E-state index in [1.165, 1.54) is 0 Å². The van der Waals surface area contributed by atoms with E-state index in [0.717, 1.165) is 6.42 Å². The second-order valence-corrected chi connectivity index (χ2v) is 4.28. The molecule has 4 heteroatoms. The third kappa shape index (κ3) is 9.48. The molecule has 1 unspecified atom stereocenters. The monoisotopic (exact) mass is 202 g/mol. The van der Waals surface area contributed by atoms with Gasteiger partial charge in [-0.3, -0.25) is 0 Å². The first-order valence-electron chi connectivity index (χ1n) is 5.02. The van der Waals surface area contributed by atoms with Crippen LogP contribution in [0.15, 0.2) is 5.16 Å². The SMILES string of the molecule is CC/C=N/OCC(O)CNC(C)(C)C. The zero-order chi connectivity index (χ0) is 11.0. The van der Waals surface area contributed by atoms with E-state index in [-0.39, 0.29) is 12.1 Å². The molecule has 14 heavy (non-hydrogen) atoms. The van der Waals surface area contributed by atoms with E-state index in [0.29, 0.717) is 6.54 Å². The number of rotatable bonds is 6. The van der Waals surface area contributed by atoms with E-state index in [4.69, 9.17) is 4.84 Å². The maximum absolute atomic E-state index is 9.45. The summed E-state index contributed by atoms with van der Waals surface area (Å²) >= 11 is 0. The Morgan fingerprint density at radius 2 is 2.14 bits per heavy atom. The molecule has 0 heterocycles. The summed E-state index contributed by atoms with van der Waals surface area (Å²) in [4.78, 5) is 4.88. The minimum absolute atomic E-state index is 0.0215. The van der Waals surface area contributed by atoms with E-state index >= 15 is 0 Å². The number of hydrogen-bond donors (Lipinski definition) is 2. The van der Waals surface area contributed by atoms with Crippen molar-refractivity contribution in [1.29, 1.82) is 0 Å². The van der Waals surface area contributed by atoms with Crippen molar-refractivity contribution < 1.29 is 9.94 Å². The lowest BCUT2D eigenvalue weighted by Gasteiger charge is -2.22. The van der Waals surface area contributed by atoms with Crippen molar-refractivity contribution in [2.45, 2.75) is 45.8 Å². The van der Waals surface area contributed by atoms with Crippen LogP contribution in [0.2, 0.25) is 0 Å². The van der Waals surface area contributed by atoms with Crippen LogP contribution < -0.4 is 5.32 Å². The van der Waals surface area contributed by atoms with Crippen LogP contribution in [0.3, 0.4) is 0 Å². The zero-order valence-corrected chi connectivity index (χ0v) is 9.58. The number of aliphatic hydroxyl groups is 1. The Morgan fingerprint density at radius 3 is 2.64 bits per heavy atom. The van der Waals surface area contributed by atoms with Crippen molar-refractivity contribution in [3.63, 3.8) is 0 Å². The molecule has 0 amide bonds. The van der Waals surface area contributed by atoms with Crippen molar-refractivity contribution in [2.75, 3.05) is 13.2 Å². The first-order chi connectivity index (χ1) is 6.45. The largest absolute Gasteiger partial charge is 0.393 e. The Hall–Kier alpha value is -0.610. The van der Waals surface area contributed by atoms with Gasteiger partial charge in [-0.2, -0.15) is 0 Å². The molecule has 0 bridgehead atoms. The highest BCUT2D eigenvalue weighted by atomic mass is 16.6. The van der Waals surface area contributed by atoms with Gasteiger partial charge in [0.05, 0.1) is 0 Å². The number of β-amino-alcohol motifs (C(OH)–C–C–N with tert-alkyl or cyclic N) is 1. The van der Waals surface area contributed by atoms with Crippen LogP contribution in [0.4, 0.5) is 0 Å². The van der Waals surface area contributed by atoms with Gasteiger partial charge in [0, 0.05) is 18.3 Å². The molecule has 0 aromatic rings. The fourth-order valence-electron chi connectivity index (χ4n) is 0.739. The molecule has 0 aromatic carbocycles. The number of aliphatic hydroxyl groups excluding tert-OH is 1. The molecular formula is C10H22N2O2. The molecule has 0 saturated heterocycles. The van der Waals surface area contributed by atoms with Gasteiger partial charge in [0.15, 0.2) is 0 Å². The summed E-state index contributed by atoms with van der Waals surface area (Å²) in [6, 6.07) is 0. The molecule has 0 fully saturated rings. The molecule has 0 rings (SSSR count). The molecule has 0 aliphatic carbocycles. The summed E-state index contributed by atoms with van der Waals surface area (Å²) in [6.45, 7) is 8.89. The maximum Gasteiger partial charge on any atom is 0.144 e. The highest BCUT2D eigenvalue weighted by molar-refractivity contribution is 5.55. The topological polar surface area (TPSA) is 53.9 Å². The predicted molar refractivity (Wildman–Crippen MR) is 58.5 cm³/mol. The molecular weight excluding hydrogens is 180 g/mol. The number of nitrogens with one attached hydrogen (secondary N) is 1. The lowest BCUT2D eigenvalue weighted by molar-refractivity contribution is 0.0377. The van der Waals surface area contributed by atoms with Crippen molar-refractivity contribution in [1.82, 2.24) is 5.32 Å². The van der Waals surface area contributed by atoms with E-state index < -0.39 is 6.10 Å². The van der Waals surface area contributed by atoms with E-state index in [1.807, 2.05) is 6.92 Å². The first-order valence-corrected chi connectivity index (χ1v) is 5.02. The molecule has 0 aliphatic heterocycles. The molecule has 1 atom stereocenters. The van der Waals surface area contributed by atoms with Crippen molar-refractivity contribution in [2.24, 2.45) is 5.16 Å². The maximum atomic E-state index is 9.45. The average molecular weight is 202 g/mol. The Balaban J connectivity index is 3.46. The van der Waals surface area contributed by atoms with Gasteiger partial charge < -0.3 is 15.3 Å². The van der Waals surface area contributed by atoms with Gasteiger partial charge in [0.1, 0.15) is 12.7 Å². The van der Waals surface area contributed by atoms with Gasteiger partial charge in [-0.05, 0) is 27.2 Å². The molecule has 4 nitrogen and oxygen atoms in total. The van der Waals surface area contributed by atoms with E-state index in [2.05, 4.69) is 31.2 Å². The molecule has 84 valence electrons. The minimum Gasteiger partial charge on any atom is -0.393 e. The Kier molecular flexibility index (Phi) is 6.49. The van der Waals surface area contributed by atoms with Crippen LogP contribution in [-0.4, -0.2) is 36.1 Å². The Labute approximate surface area is 86.3 Å². The zero-order valence-electron chi connectivity index (χ0n) is 9.58. The molecule has 0 aromatic heterocycles. The van der Waals surface area contributed by atoms with Gasteiger partial charge in [-0.25, -0.2) is 0 Å². The Bertz CT molecular complexity index is 164. The summed E-state index contributed by atoms with van der Waals surface area (Å²) in [7, 11) is 0. The summed E-state index contributed by atoms with van der Waals surface area (Å²) in [6.07, 6.45) is 2.00. The number of nitrogens with zero attached hydrogens (tertiary/aromatic N) is 1. The van der Waals surface area contributed by atoms with Crippen LogP contribution in [0.25, 0.3) is 0 Å². The molecule has 0 radical (unpaired) electrons. The normalized spacial score (nSPS) is 14.6. The van der Waals surface area contributed by atoms with Gasteiger partial charge in [-0.1, -0.05) is 12.1 Å². The second-order valence-electron chi connectivity index (χ2n) is 4.28. The van der Waals surface area contributed by atoms with E-state index in [1.54, 1.807) is 6.21 Å². The summed E-state index contributed by atoms with van der Waals surface area (Å²) in [5, 5.41) is 16.3. The molecule has 0 saturated carbocycles. The van der Waals surface area contributed by atoms with Crippen LogP contribution in [0, 0.1) is 0 Å². The number of oxime groups is 1. The summed E-state index contributed by atoms with van der Waals surface area (Å²) in [5.41, 5.74) is 0.0215.